The van der Waals surface area contributed by atoms with Crippen LogP contribution >= 0.6 is 34.4 Å². The zero-order chi connectivity index (χ0) is 17.1. The predicted octanol–water partition coefficient (Wildman–Crippen LogP) is 4.45. The van der Waals surface area contributed by atoms with Gasteiger partial charge in [-0.05, 0) is 82.2 Å². The molecule has 0 radical (unpaired) electrons. The first kappa shape index (κ1) is 17.0. The van der Waals surface area contributed by atoms with Crippen molar-refractivity contribution in [2.75, 3.05) is 0 Å². The summed E-state index contributed by atoms with van der Waals surface area (Å²) in [6.07, 6.45) is 2.78. The molecule has 24 heavy (non-hydrogen) atoms. The highest BCUT2D eigenvalue weighted by Crippen LogP contribution is 2.29. The Morgan fingerprint density at radius 1 is 1.25 bits per heavy atom. The molecule has 0 spiro atoms. The van der Waals surface area contributed by atoms with Crippen molar-refractivity contribution in [3.8, 4) is 5.75 Å². The summed E-state index contributed by atoms with van der Waals surface area (Å²) in [6, 6.07) is 13.2. The third kappa shape index (κ3) is 3.99. The fourth-order valence-corrected chi connectivity index (χ4v) is 3.55. The summed E-state index contributed by atoms with van der Waals surface area (Å²) in [5, 5.41) is 12.9. The Morgan fingerprint density at radius 2 is 2.00 bits per heavy atom. The van der Waals surface area contributed by atoms with Crippen molar-refractivity contribution in [3.05, 3.63) is 62.1 Å². The molecule has 0 aliphatic carbocycles. The first-order chi connectivity index (χ1) is 11.5. The summed E-state index contributed by atoms with van der Waals surface area (Å²) < 4.78 is 0.746. The van der Waals surface area contributed by atoms with Gasteiger partial charge in [0.05, 0.1) is 14.2 Å². The monoisotopic (exact) mass is 450 g/mol. The highest BCUT2D eigenvalue weighted by molar-refractivity contribution is 14.1. The topological polar surface area (TPSA) is 61.7 Å². The molecule has 1 aliphatic rings. The molecule has 122 valence electrons. The Morgan fingerprint density at radius 3 is 2.67 bits per heavy atom. The van der Waals surface area contributed by atoms with Crippen molar-refractivity contribution in [1.82, 2.24) is 5.32 Å². The minimum atomic E-state index is -0.160. The van der Waals surface area contributed by atoms with E-state index in [4.69, 9.17) is 0 Å². The van der Waals surface area contributed by atoms with E-state index >= 15 is 0 Å². The first-order valence-corrected chi connectivity index (χ1v) is 9.31. The van der Waals surface area contributed by atoms with Crippen LogP contribution in [0.15, 0.2) is 52.4 Å². The molecule has 6 heteroatoms. The number of phenols is 1. The van der Waals surface area contributed by atoms with Crippen LogP contribution in [0.1, 0.15) is 18.1 Å². The van der Waals surface area contributed by atoms with E-state index in [1.54, 1.807) is 18.2 Å². The normalized spacial score (nSPS) is 17.5. The van der Waals surface area contributed by atoms with E-state index in [2.05, 4.69) is 39.8 Å². The van der Waals surface area contributed by atoms with Crippen LogP contribution in [-0.4, -0.2) is 16.2 Å². The molecule has 2 N–H and O–H groups in total. The molecule has 1 heterocycles. The highest BCUT2D eigenvalue weighted by atomic mass is 127. The molecule has 0 unspecified atom stereocenters. The number of halogens is 1. The number of phenolic OH excluding ortho intramolecular Hbond substituents is 1. The molecule has 2 aromatic rings. The molecule has 3 rings (SSSR count). The van der Waals surface area contributed by atoms with Gasteiger partial charge in [0.1, 0.15) is 5.75 Å². The minimum absolute atomic E-state index is 0.160. The summed E-state index contributed by atoms with van der Waals surface area (Å²) in [4.78, 5) is 17.2. The summed E-state index contributed by atoms with van der Waals surface area (Å²) in [5.74, 6) is 0.0751. The number of carbonyl (C=O) groups is 1. The molecule has 1 aliphatic heterocycles. The van der Waals surface area contributed by atoms with Gasteiger partial charge in [0.15, 0.2) is 5.17 Å². The van der Waals surface area contributed by atoms with Crippen molar-refractivity contribution in [2.24, 2.45) is 4.99 Å². The number of hydrogen-bond acceptors (Lipinski definition) is 4. The standard InChI is InChI=1S/C18H15IN2O2S/c1-2-11-3-6-13(7-4-11)20-18-21-17(23)16(24-18)10-12-5-8-15(22)14(19)9-12/h3-10,22H,2H2,1H3,(H,20,21,23)/b16-10-. The van der Waals surface area contributed by atoms with Crippen molar-refractivity contribution < 1.29 is 9.90 Å². The van der Waals surface area contributed by atoms with E-state index in [9.17, 15) is 9.90 Å². The number of aryl methyl sites for hydroxylation is 1. The van der Waals surface area contributed by atoms with Gasteiger partial charge in [0.25, 0.3) is 5.91 Å². The van der Waals surface area contributed by atoms with Crippen LogP contribution in [0.25, 0.3) is 6.08 Å². The van der Waals surface area contributed by atoms with Gasteiger partial charge in [-0.1, -0.05) is 25.1 Å². The number of thioether (sulfide) groups is 1. The van der Waals surface area contributed by atoms with Gasteiger partial charge in [-0.15, -0.1) is 0 Å². The number of benzene rings is 2. The van der Waals surface area contributed by atoms with Gasteiger partial charge >= 0.3 is 0 Å². The second-order valence-corrected chi connectivity index (χ2v) is 7.41. The van der Waals surface area contributed by atoms with Gasteiger partial charge < -0.3 is 10.4 Å². The number of aromatic hydroxyl groups is 1. The van der Waals surface area contributed by atoms with Crippen molar-refractivity contribution in [3.63, 3.8) is 0 Å². The third-order valence-electron chi connectivity index (χ3n) is 3.50. The summed E-state index contributed by atoms with van der Waals surface area (Å²) >= 11 is 3.37. The van der Waals surface area contributed by atoms with Gasteiger partial charge in [-0.25, -0.2) is 4.99 Å². The number of nitrogens with zero attached hydrogens (tertiary/aromatic N) is 1. The smallest absolute Gasteiger partial charge is 0.264 e. The lowest BCUT2D eigenvalue weighted by molar-refractivity contribution is -0.115. The van der Waals surface area contributed by atoms with Gasteiger partial charge in [0.2, 0.25) is 0 Å². The maximum Gasteiger partial charge on any atom is 0.264 e. The Hall–Kier alpha value is -1.80. The van der Waals surface area contributed by atoms with Crippen LogP contribution < -0.4 is 5.32 Å². The Balaban J connectivity index is 1.80. The van der Waals surface area contributed by atoms with Gasteiger partial charge in [0, 0.05) is 0 Å². The average Bonchev–Trinajstić information content (AvgIpc) is 2.91. The molecule has 4 nitrogen and oxygen atoms in total. The van der Waals surface area contributed by atoms with Crippen molar-refractivity contribution >= 4 is 57.2 Å². The van der Waals surface area contributed by atoms with E-state index in [0.29, 0.717) is 10.1 Å². The lowest BCUT2D eigenvalue weighted by Gasteiger charge is -1.99. The quantitative estimate of drug-likeness (QED) is 0.537. The molecule has 0 bridgehead atoms. The molecule has 1 saturated heterocycles. The second-order valence-electron chi connectivity index (χ2n) is 5.21. The summed E-state index contributed by atoms with van der Waals surface area (Å²) in [7, 11) is 0. The molecule has 0 aromatic heterocycles. The minimum Gasteiger partial charge on any atom is -0.507 e. The van der Waals surface area contributed by atoms with E-state index in [0.717, 1.165) is 21.2 Å². The fourth-order valence-electron chi connectivity index (χ4n) is 2.17. The molecule has 2 aromatic carbocycles. The van der Waals surface area contributed by atoms with Gasteiger partial charge in [-0.2, -0.15) is 0 Å². The second kappa shape index (κ2) is 7.40. The average molecular weight is 450 g/mol. The number of carbonyl (C=O) groups excluding carboxylic acids is 1. The largest absolute Gasteiger partial charge is 0.507 e. The van der Waals surface area contributed by atoms with Crippen LogP contribution in [0.3, 0.4) is 0 Å². The van der Waals surface area contributed by atoms with E-state index in [1.807, 2.05) is 30.3 Å². The summed E-state index contributed by atoms with van der Waals surface area (Å²) in [5.41, 5.74) is 2.93. The molecular formula is C18H15IN2O2S. The Kier molecular flexibility index (Phi) is 5.25. The highest BCUT2D eigenvalue weighted by Gasteiger charge is 2.23. The maximum atomic E-state index is 12.1. The number of hydrogen-bond donors (Lipinski definition) is 2. The van der Waals surface area contributed by atoms with Crippen molar-refractivity contribution in [1.29, 1.82) is 0 Å². The molecular weight excluding hydrogens is 435 g/mol. The van der Waals surface area contributed by atoms with E-state index in [-0.39, 0.29) is 11.7 Å². The van der Waals surface area contributed by atoms with Crippen LogP contribution in [-0.2, 0) is 11.2 Å². The fraction of sp³-hybridized carbons (Fsp3) is 0.111. The molecule has 0 saturated carbocycles. The molecule has 0 atom stereocenters. The van der Waals surface area contributed by atoms with Crippen LogP contribution in [0.2, 0.25) is 0 Å². The number of amidine groups is 1. The lowest BCUT2D eigenvalue weighted by atomic mass is 10.2. The Labute approximate surface area is 158 Å². The number of rotatable bonds is 3. The first-order valence-electron chi connectivity index (χ1n) is 7.42. The predicted molar refractivity (Wildman–Crippen MR) is 107 cm³/mol. The summed E-state index contributed by atoms with van der Waals surface area (Å²) in [6.45, 7) is 2.11. The maximum absolute atomic E-state index is 12.1. The zero-order valence-electron chi connectivity index (χ0n) is 12.9. The third-order valence-corrected chi connectivity index (χ3v) is 5.27. The van der Waals surface area contributed by atoms with Gasteiger partial charge in [-0.3, -0.25) is 4.79 Å². The van der Waals surface area contributed by atoms with Crippen LogP contribution in [0, 0.1) is 3.57 Å². The van der Waals surface area contributed by atoms with E-state index < -0.39 is 0 Å². The molecule has 1 amide bonds. The Bertz CT molecular complexity index is 845. The number of nitrogens with one attached hydrogen (secondary N) is 1. The van der Waals surface area contributed by atoms with Crippen LogP contribution in [0.5, 0.6) is 5.75 Å². The number of amides is 1. The number of aliphatic imine (C=N–C) groups is 1. The van der Waals surface area contributed by atoms with Crippen LogP contribution in [0.4, 0.5) is 5.69 Å². The van der Waals surface area contributed by atoms with E-state index in [1.165, 1.54) is 17.3 Å². The molecule has 1 fully saturated rings. The SMILES string of the molecule is CCc1ccc(N=C2NC(=O)/C(=C/c3ccc(O)c(I)c3)S2)cc1. The lowest BCUT2D eigenvalue weighted by Crippen LogP contribution is -2.19. The zero-order valence-corrected chi connectivity index (χ0v) is 15.9. The van der Waals surface area contributed by atoms with Crippen molar-refractivity contribution in [2.45, 2.75) is 13.3 Å².